The maximum absolute atomic E-state index is 12.1. The number of hydrogen-bond donors (Lipinski definition) is 2. The van der Waals surface area contributed by atoms with E-state index in [2.05, 4.69) is 10.4 Å². The van der Waals surface area contributed by atoms with Crippen LogP contribution in [0, 0.1) is 0 Å². The number of nitrogens with one attached hydrogen (secondary N) is 1. The fourth-order valence-corrected chi connectivity index (χ4v) is 2.23. The molecule has 0 radical (unpaired) electrons. The molecular formula is C16H22N4O2. The van der Waals surface area contributed by atoms with Crippen molar-refractivity contribution >= 4 is 6.03 Å². The highest BCUT2D eigenvalue weighted by Gasteiger charge is 2.11. The molecule has 0 spiro atoms. The summed E-state index contributed by atoms with van der Waals surface area (Å²) in [6, 6.07) is 9.57. The second kappa shape index (κ2) is 8.19. The van der Waals surface area contributed by atoms with Crippen LogP contribution >= 0.6 is 0 Å². The van der Waals surface area contributed by atoms with E-state index in [-0.39, 0.29) is 12.6 Å². The molecule has 2 N–H and O–H groups in total. The number of rotatable bonds is 7. The first-order chi connectivity index (χ1) is 10.7. The van der Waals surface area contributed by atoms with Crippen LogP contribution in [0.3, 0.4) is 0 Å². The van der Waals surface area contributed by atoms with E-state index in [1.807, 2.05) is 43.5 Å². The first-order valence-corrected chi connectivity index (χ1v) is 7.47. The smallest absolute Gasteiger partial charge is 0.317 e. The van der Waals surface area contributed by atoms with Crippen LogP contribution in [-0.2, 0) is 6.54 Å². The van der Waals surface area contributed by atoms with Crippen molar-refractivity contribution in [3.05, 3.63) is 48.3 Å². The van der Waals surface area contributed by atoms with Gasteiger partial charge in [0.2, 0.25) is 0 Å². The van der Waals surface area contributed by atoms with Crippen molar-refractivity contribution < 1.29 is 9.90 Å². The molecule has 0 saturated carbocycles. The van der Waals surface area contributed by atoms with Gasteiger partial charge in [0.1, 0.15) is 0 Å². The topological polar surface area (TPSA) is 70.4 Å². The summed E-state index contributed by atoms with van der Waals surface area (Å²) in [5.74, 6) is 0. The molecule has 118 valence electrons. The molecule has 1 aromatic carbocycles. The number of aromatic nitrogens is 2. The van der Waals surface area contributed by atoms with E-state index in [1.165, 1.54) is 0 Å². The minimum atomic E-state index is -0.152. The number of carbonyl (C=O) groups is 1. The largest absolute Gasteiger partial charge is 0.395 e. The van der Waals surface area contributed by atoms with E-state index < -0.39 is 0 Å². The standard InChI is InChI=1S/C16H22N4O2/c1-2-8-19(10-11-21)16(22)17-13-14-5-3-6-15(12-14)20-9-4-7-18-20/h3-7,9,12,21H,2,8,10-11,13H2,1H3,(H,17,22). The Kier molecular flexibility index (Phi) is 5.97. The number of amides is 2. The van der Waals surface area contributed by atoms with Gasteiger partial charge < -0.3 is 15.3 Å². The van der Waals surface area contributed by atoms with Gasteiger partial charge >= 0.3 is 6.03 Å². The van der Waals surface area contributed by atoms with Gasteiger partial charge in [-0.05, 0) is 30.2 Å². The zero-order valence-corrected chi connectivity index (χ0v) is 12.8. The van der Waals surface area contributed by atoms with Crippen LogP contribution in [0.5, 0.6) is 0 Å². The quantitative estimate of drug-likeness (QED) is 0.819. The molecule has 22 heavy (non-hydrogen) atoms. The van der Waals surface area contributed by atoms with Gasteiger partial charge in [-0.1, -0.05) is 19.1 Å². The predicted octanol–water partition coefficient (Wildman–Crippen LogP) is 1.79. The molecular weight excluding hydrogens is 280 g/mol. The van der Waals surface area contributed by atoms with Crippen molar-refractivity contribution in [3.63, 3.8) is 0 Å². The molecule has 0 aliphatic rings. The van der Waals surface area contributed by atoms with Crippen LogP contribution in [0.15, 0.2) is 42.7 Å². The van der Waals surface area contributed by atoms with E-state index in [0.717, 1.165) is 17.7 Å². The number of benzene rings is 1. The van der Waals surface area contributed by atoms with Crippen LogP contribution in [0.2, 0.25) is 0 Å². The van der Waals surface area contributed by atoms with Crippen LogP contribution in [-0.4, -0.2) is 45.5 Å². The van der Waals surface area contributed by atoms with Gasteiger partial charge in [-0.15, -0.1) is 0 Å². The summed E-state index contributed by atoms with van der Waals surface area (Å²) in [6.45, 7) is 3.42. The van der Waals surface area contributed by atoms with Gasteiger partial charge in [0.25, 0.3) is 0 Å². The van der Waals surface area contributed by atoms with Gasteiger partial charge in [0.05, 0.1) is 12.3 Å². The summed E-state index contributed by atoms with van der Waals surface area (Å²) in [6.07, 6.45) is 4.47. The predicted molar refractivity (Wildman–Crippen MR) is 84.7 cm³/mol. The Morgan fingerprint density at radius 2 is 2.23 bits per heavy atom. The molecule has 2 aromatic rings. The molecule has 0 bridgehead atoms. The molecule has 2 rings (SSSR count). The number of carbonyl (C=O) groups excluding carboxylic acids is 1. The fraction of sp³-hybridized carbons (Fsp3) is 0.375. The third kappa shape index (κ3) is 4.33. The zero-order chi connectivity index (χ0) is 15.8. The molecule has 0 atom stereocenters. The van der Waals surface area contributed by atoms with Crippen molar-refractivity contribution in [3.8, 4) is 5.69 Å². The summed E-state index contributed by atoms with van der Waals surface area (Å²) in [5.41, 5.74) is 1.96. The second-order valence-electron chi connectivity index (χ2n) is 4.99. The Labute approximate surface area is 130 Å². The molecule has 0 fully saturated rings. The minimum absolute atomic E-state index is 0.0256. The third-order valence-corrected chi connectivity index (χ3v) is 3.27. The Hall–Kier alpha value is -2.34. The Bertz CT molecular complexity index is 578. The highest BCUT2D eigenvalue weighted by Crippen LogP contribution is 2.09. The van der Waals surface area contributed by atoms with Crippen molar-refractivity contribution in [2.45, 2.75) is 19.9 Å². The van der Waals surface area contributed by atoms with Crippen molar-refractivity contribution in [1.29, 1.82) is 0 Å². The van der Waals surface area contributed by atoms with Crippen molar-refractivity contribution in [1.82, 2.24) is 20.0 Å². The Morgan fingerprint density at radius 1 is 1.36 bits per heavy atom. The molecule has 0 aliphatic heterocycles. The number of aliphatic hydroxyl groups is 1. The normalized spacial score (nSPS) is 10.5. The average Bonchev–Trinajstić information content (AvgIpc) is 3.07. The van der Waals surface area contributed by atoms with E-state index in [4.69, 9.17) is 5.11 Å². The Morgan fingerprint density at radius 3 is 2.91 bits per heavy atom. The summed E-state index contributed by atoms with van der Waals surface area (Å²) < 4.78 is 1.78. The summed E-state index contributed by atoms with van der Waals surface area (Å²) in [5, 5.41) is 16.1. The van der Waals surface area contributed by atoms with E-state index in [1.54, 1.807) is 15.8 Å². The maximum atomic E-state index is 12.1. The molecule has 1 heterocycles. The monoisotopic (exact) mass is 302 g/mol. The summed E-state index contributed by atoms with van der Waals surface area (Å²) in [7, 11) is 0. The average molecular weight is 302 g/mol. The molecule has 0 aliphatic carbocycles. The van der Waals surface area contributed by atoms with Crippen LogP contribution in [0.1, 0.15) is 18.9 Å². The lowest BCUT2D eigenvalue weighted by atomic mass is 10.2. The lowest BCUT2D eigenvalue weighted by Crippen LogP contribution is -2.41. The van der Waals surface area contributed by atoms with Crippen LogP contribution in [0.4, 0.5) is 4.79 Å². The Balaban J connectivity index is 1.96. The van der Waals surface area contributed by atoms with E-state index in [0.29, 0.717) is 19.6 Å². The number of nitrogens with zero attached hydrogens (tertiary/aromatic N) is 3. The van der Waals surface area contributed by atoms with Gasteiger partial charge in [0, 0.05) is 32.0 Å². The van der Waals surface area contributed by atoms with Gasteiger partial charge in [-0.3, -0.25) is 0 Å². The minimum Gasteiger partial charge on any atom is -0.395 e. The first kappa shape index (κ1) is 16.0. The number of urea groups is 1. The highest BCUT2D eigenvalue weighted by atomic mass is 16.3. The highest BCUT2D eigenvalue weighted by molar-refractivity contribution is 5.74. The molecule has 1 aromatic heterocycles. The second-order valence-corrected chi connectivity index (χ2v) is 4.99. The van der Waals surface area contributed by atoms with E-state index in [9.17, 15) is 4.79 Å². The molecule has 6 heteroatoms. The van der Waals surface area contributed by atoms with Crippen molar-refractivity contribution in [2.24, 2.45) is 0 Å². The van der Waals surface area contributed by atoms with E-state index >= 15 is 0 Å². The fourth-order valence-electron chi connectivity index (χ4n) is 2.23. The van der Waals surface area contributed by atoms with Crippen LogP contribution in [0.25, 0.3) is 5.69 Å². The van der Waals surface area contributed by atoms with Crippen molar-refractivity contribution in [2.75, 3.05) is 19.7 Å². The SMILES string of the molecule is CCCN(CCO)C(=O)NCc1cccc(-n2cccn2)c1. The summed E-state index contributed by atoms with van der Waals surface area (Å²) in [4.78, 5) is 13.7. The molecule has 0 saturated heterocycles. The zero-order valence-electron chi connectivity index (χ0n) is 12.8. The lowest BCUT2D eigenvalue weighted by Gasteiger charge is -2.21. The maximum Gasteiger partial charge on any atom is 0.317 e. The van der Waals surface area contributed by atoms with Gasteiger partial charge in [-0.25, -0.2) is 9.48 Å². The lowest BCUT2D eigenvalue weighted by molar-refractivity contribution is 0.177. The van der Waals surface area contributed by atoms with Crippen LogP contribution < -0.4 is 5.32 Å². The first-order valence-electron chi connectivity index (χ1n) is 7.47. The molecule has 6 nitrogen and oxygen atoms in total. The summed E-state index contributed by atoms with van der Waals surface area (Å²) >= 11 is 0. The molecule has 0 unspecified atom stereocenters. The number of hydrogen-bond acceptors (Lipinski definition) is 3. The number of aliphatic hydroxyl groups excluding tert-OH is 1. The molecule has 2 amide bonds. The van der Waals surface area contributed by atoms with Gasteiger partial charge in [-0.2, -0.15) is 5.10 Å². The van der Waals surface area contributed by atoms with Gasteiger partial charge in [0.15, 0.2) is 0 Å². The third-order valence-electron chi connectivity index (χ3n) is 3.27.